The molecular formula is C22H23N3O2. The number of para-hydroxylation sites is 1. The zero-order chi connectivity index (χ0) is 18.9. The molecule has 0 saturated carbocycles. The van der Waals surface area contributed by atoms with Gasteiger partial charge >= 0.3 is 0 Å². The lowest BCUT2D eigenvalue weighted by atomic mass is 9.88. The fourth-order valence-corrected chi connectivity index (χ4v) is 4.26. The number of hydrogen-bond donors (Lipinski definition) is 1. The molecule has 2 heterocycles. The van der Waals surface area contributed by atoms with Crippen molar-refractivity contribution in [2.75, 3.05) is 5.01 Å². The lowest BCUT2D eigenvalue weighted by Gasteiger charge is -2.28. The van der Waals surface area contributed by atoms with Crippen molar-refractivity contribution in [2.24, 2.45) is 5.41 Å². The Balaban J connectivity index is 1.71. The average molecular weight is 361 g/mol. The van der Waals surface area contributed by atoms with Gasteiger partial charge in [0, 0.05) is 0 Å². The van der Waals surface area contributed by atoms with Gasteiger partial charge in [-0.25, -0.2) is 9.66 Å². The van der Waals surface area contributed by atoms with E-state index in [0.717, 1.165) is 6.42 Å². The molecule has 1 fully saturated rings. The molecular weight excluding hydrogens is 338 g/mol. The number of rotatable bonds is 2. The van der Waals surface area contributed by atoms with Gasteiger partial charge in [0.05, 0.1) is 23.0 Å². The zero-order valence-corrected chi connectivity index (χ0v) is 15.8. The van der Waals surface area contributed by atoms with Crippen molar-refractivity contribution in [1.82, 2.24) is 9.66 Å². The van der Waals surface area contributed by atoms with Gasteiger partial charge in [-0.2, -0.15) is 0 Å². The number of fused-ring (bicyclic) bond motifs is 4. The molecule has 5 rings (SSSR count). The van der Waals surface area contributed by atoms with Crippen molar-refractivity contribution >= 4 is 10.9 Å². The summed E-state index contributed by atoms with van der Waals surface area (Å²) in [5.41, 5.74) is 2.73. The van der Waals surface area contributed by atoms with Crippen LogP contribution in [0.2, 0.25) is 0 Å². The maximum absolute atomic E-state index is 13.4. The first kappa shape index (κ1) is 16.5. The normalized spacial score (nSPS) is 21.9. The molecule has 1 aromatic heterocycles. The summed E-state index contributed by atoms with van der Waals surface area (Å²) in [6, 6.07) is 16.2. The van der Waals surface area contributed by atoms with E-state index in [2.05, 4.69) is 23.2 Å². The van der Waals surface area contributed by atoms with E-state index in [0.29, 0.717) is 16.7 Å². The monoisotopic (exact) mass is 361 g/mol. The van der Waals surface area contributed by atoms with Crippen LogP contribution in [0.25, 0.3) is 10.9 Å². The van der Waals surface area contributed by atoms with E-state index in [1.807, 2.05) is 51.1 Å². The van der Waals surface area contributed by atoms with Gasteiger partial charge in [0.25, 0.3) is 5.56 Å². The summed E-state index contributed by atoms with van der Waals surface area (Å²) < 4.78 is 1.64. The quantitative estimate of drug-likeness (QED) is 0.713. The van der Waals surface area contributed by atoms with Crippen LogP contribution in [0.5, 0.6) is 0 Å². The van der Waals surface area contributed by atoms with Crippen LogP contribution in [0, 0.1) is 5.41 Å². The van der Waals surface area contributed by atoms with Gasteiger partial charge in [0.1, 0.15) is 6.10 Å². The van der Waals surface area contributed by atoms with E-state index in [1.165, 1.54) is 11.1 Å². The van der Waals surface area contributed by atoms with Gasteiger partial charge in [-0.3, -0.25) is 9.80 Å². The van der Waals surface area contributed by atoms with Gasteiger partial charge in [-0.15, -0.1) is 0 Å². The molecule has 0 spiro atoms. The lowest BCUT2D eigenvalue weighted by Crippen LogP contribution is -2.38. The van der Waals surface area contributed by atoms with Crippen LogP contribution in [0.15, 0.2) is 53.3 Å². The van der Waals surface area contributed by atoms with Crippen LogP contribution < -0.4 is 10.6 Å². The first-order valence-corrected chi connectivity index (χ1v) is 9.44. The molecule has 1 saturated heterocycles. The smallest absolute Gasteiger partial charge is 0.280 e. The highest BCUT2D eigenvalue weighted by molar-refractivity contribution is 5.77. The summed E-state index contributed by atoms with van der Waals surface area (Å²) in [4.78, 5) is 18.1. The topological polar surface area (TPSA) is 58.1 Å². The van der Waals surface area contributed by atoms with Crippen LogP contribution in [-0.2, 0) is 6.42 Å². The lowest BCUT2D eigenvalue weighted by molar-refractivity contribution is 0.0511. The van der Waals surface area contributed by atoms with Crippen molar-refractivity contribution < 1.29 is 5.11 Å². The highest BCUT2D eigenvalue weighted by atomic mass is 16.3. The second-order valence-corrected chi connectivity index (χ2v) is 8.67. The predicted molar refractivity (Wildman–Crippen MR) is 105 cm³/mol. The minimum Gasteiger partial charge on any atom is -0.385 e. The van der Waals surface area contributed by atoms with Crippen LogP contribution in [-0.4, -0.2) is 20.8 Å². The molecule has 0 amide bonds. The predicted octanol–water partition coefficient (Wildman–Crippen LogP) is 3.09. The first-order valence-electron chi connectivity index (χ1n) is 9.44. The maximum atomic E-state index is 13.4. The fourth-order valence-electron chi connectivity index (χ4n) is 4.26. The van der Waals surface area contributed by atoms with Crippen LogP contribution in [0.3, 0.4) is 0 Å². The Morgan fingerprint density at radius 2 is 1.81 bits per heavy atom. The molecule has 2 aliphatic rings. The molecule has 1 unspecified atom stereocenters. The SMILES string of the molecule is CC(C)(C)[C@H](O)c1nc2ccccc2c(=O)n1N1C2c3ccccc3C[C@H]21. The number of aliphatic hydroxyl groups excluding tert-OH is 1. The zero-order valence-electron chi connectivity index (χ0n) is 15.8. The summed E-state index contributed by atoms with van der Waals surface area (Å²) in [5.74, 6) is 0.429. The molecule has 2 aromatic carbocycles. The highest BCUT2D eigenvalue weighted by Crippen LogP contribution is 2.50. The maximum Gasteiger partial charge on any atom is 0.280 e. The summed E-state index contributed by atoms with van der Waals surface area (Å²) in [7, 11) is 0. The van der Waals surface area contributed by atoms with Gasteiger partial charge in [-0.1, -0.05) is 57.2 Å². The largest absolute Gasteiger partial charge is 0.385 e. The van der Waals surface area contributed by atoms with E-state index < -0.39 is 11.5 Å². The fraction of sp³-hybridized carbons (Fsp3) is 0.364. The Morgan fingerprint density at radius 1 is 1.11 bits per heavy atom. The van der Waals surface area contributed by atoms with E-state index in [9.17, 15) is 9.90 Å². The third-order valence-electron chi connectivity index (χ3n) is 5.78. The molecule has 27 heavy (non-hydrogen) atoms. The number of nitrogens with zero attached hydrogens (tertiary/aromatic N) is 3. The van der Waals surface area contributed by atoms with Crippen molar-refractivity contribution in [3.63, 3.8) is 0 Å². The Hall–Kier alpha value is -2.66. The Kier molecular flexibility index (Phi) is 3.32. The van der Waals surface area contributed by atoms with Gasteiger partial charge in [0.2, 0.25) is 0 Å². The standard InChI is InChI=1S/C22H23N3O2/c1-22(2,3)19(26)20-23-16-11-7-6-10-15(16)21(27)25(20)24-17-12-13-8-4-5-9-14(13)18(17)24/h4-11,17-19,26H,12H2,1-3H3/t17-,18?,19-,24?/m1/s1. The van der Waals surface area contributed by atoms with Crippen molar-refractivity contribution in [2.45, 2.75) is 45.4 Å². The molecule has 1 N–H and O–H groups in total. The molecule has 3 aromatic rings. The molecule has 0 bridgehead atoms. The van der Waals surface area contributed by atoms with E-state index in [4.69, 9.17) is 4.98 Å². The van der Waals surface area contributed by atoms with Gasteiger partial charge in [0.15, 0.2) is 5.82 Å². The molecule has 1 aliphatic heterocycles. The van der Waals surface area contributed by atoms with Crippen LogP contribution in [0.1, 0.15) is 49.9 Å². The minimum atomic E-state index is -0.841. The van der Waals surface area contributed by atoms with E-state index in [-0.39, 0.29) is 17.6 Å². The first-order chi connectivity index (χ1) is 12.9. The molecule has 5 heteroatoms. The van der Waals surface area contributed by atoms with Crippen molar-refractivity contribution in [1.29, 1.82) is 0 Å². The van der Waals surface area contributed by atoms with Crippen molar-refractivity contribution in [3.8, 4) is 0 Å². The summed E-state index contributed by atoms with van der Waals surface area (Å²) in [6.07, 6.45) is 0.0805. The molecule has 138 valence electrons. The Morgan fingerprint density at radius 3 is 2.59 bits per heavy atom. The van der Waals surface area contributed by atoms with E-state index >= 15 is 0 Å². The summed E-state index contributed by atoms with van der Waals surface area (Å²) >= 11 is 0. The number of aromatic nitrogens is 2. The van der Waals surface area contributed by atoms with Gasteiger partial charge < -0.3 is 5.11 Å². The third kappa shape index (κ3) is 2.34. The summed E-state index contributed by atoms with van der Waals surface area (Å²) in [6.45, 7) is 5.88. The number of aliphatic hydroxyl groups is 1. The summed E-state index contributed by atoms with van der Waals surface area (Å²) in [5, 5.41) is 13.7. The Bertz CT molecular complexity index is 1110. The molecule has 0 radical (unpaired) electrons. The van der Waals surface area contributed by atoms with Crippen LogP contribution >= 0.6 is 0 Å². The average Bonchev–Trinajstić information content (AvgIpc) is 3.19. The number of benzene rings is 2. The van der Waals surface area contributed by atoms with Crippen molar-refractivity contribution in [3.05, 3.63) is 75.8 Å². The molecule has 1 aliphatic carbocycles. The highest BCUT2D eigenvalue weighted by Gasteiger charge is 2.56. The number of hydrogen-bond acceptors (Lipinski definition) is 4. The molecule has 3 atom stereocenters. The molecule has 5 nitrogen and oxygen atoms in total. The minimum absolute atomic E-state index is 0.106. The van der Waals surface area contributed by atoms with Gasteiger partial charge in [-0.05, 0) is 35.1 Å². The second-order valence-electron chi connectivity index (χ2n) is 8.67. The van der Waals surface area contributed by atoms with E-state index in [1.54, 1.807) is 4.68 Å². The third-order valence-corrected chi connectivity index (χ3v) is 5.78. The Labute approximate surface area is 157 Å². The van der Waals surface area contributed by atoms with Crippen LogP contribution in [0.4, 0.5) is 0 Å². The second kappa shape index (κ2) is 5.42.